The standard InChI is InChI=1S/2C8H14O5S.Ca/c2*1-7(2)8(9)13-5-3-4-6-14(10,11)12;/h2*1,3-6H2,2H3,(H,10,11,12);/q;;+2/p-2. The number of carbonyl (C=O) groups excluding carboxylic acids is 2. The molecule has 0 spiro atoms. The molecule has 0 aromatic rings. The Morgan fingerprint density at radius 1 is 0.724 bits per heavy atom. The van der Waals surface area contributed by atoms with Gasteiger partial charge < -0.3 is 18.6 Å². The molecule has 13 heteroatoms. The summed E-state index contributed by atoms with van der Waals surface area (Å²) in [6, 6.07) is 0. The molecule has 0 amide bonds. The fourth-order valence-electron chi connectivity index (χ4n) is 1.34. The zero-order valence-electron chi connectivity index (χ0n) is 16.7. The monoisotopic (exact) mass is 482 g/mol. The molecule has 29 heavy (non-hydrogen) atoms. The number of hydrogen-bond acceptors (Lipinski definition) is 10. The molecule has 0 aromatic heterocycles. The molecule has 0 heterocycles. The van der Waals surface area contributed by atoms with Crippen molar-refractivity contribution in [3.63, 3.8) is 0 Å². The van der Waals surface area contributed by atoms with E-state index in [1.54, 1.807) is 0 Å². The fraction of sp³-hybridized carbons (Fsp3) is 0.625. The van der Waals surface area contributed by atoms with Crippen LogP contribution in [-0.4, -0.2) is 100 Å². The first kappa shape index (κ1) is 33.1. The van der Waals surface area contributed by atoms with Crippen LogP contribution < -0.4 is 0 Å². The molecule has 0 aliphatic carbocycles. The third-order valence-corrected chi connectivity index (χ3v) is 4.32. The molecule has 0 aliphatic heterocycles. The van der Waals surface area contributed by atoms with Gasteiger partial charge in [-0.2, -0.15) is 0 Å². The first-order chi connectivity index (χ1) is 12.7. The number of unbranched alkanes of at least 4 members (excludes halogenated alkanes) is 2. The molecule has 0 saturated heterocycles. The van der Waals surface area contributed by atoms with Crippen molar-refractivity contribution in [2.75, 3.05) is 24.7 Å². The molecule has 0 atom stereocenters. The van der Waals surface area contributed by atoms with Gasteiger partial charge in [-0.3, -0.25) is 0 Å². The van der Waals surface area contributed by atoms with Crippen molar-refractivity contribution in [1.29, 1.82) is 0 Å². The summed E-state index contributed by atoms with van der Waals surface area (Å²) in [5, 5.41) is 0. The van der Waals surface area contributed by atoms with Crippen molar-refractivity contribution in [1.82, 2.24) is 0 Å². The van der Waals surface area contributed by atoms with Crippen LogP contribution in [0.5, 0.6) is 0 Å². The van der Waals surface area contributed by atoms with Gasteiger partial charge in [0, 0.05) is 22.7 Å². The maximum absolute atomic E-state index is 10.8. The molecule has 0 saturated carbocycles. The van der Waals surface area contributed by atoms with Crippen molar-refractivity contribution in [2.24, 2.45) is 0 Å². The Bertz CT molecular complexity index is 678. The van der Waals surface area contributed by atoms with E-state index in [1.165, 1.54) is 13.8 Å². The van der Waals surface area contributed by atoms with Gasteiger partial charge in [-0.1, -0.05) is 13.2 Å². The summed E-state index contributed by atoms with van der Waals surface area (Å²) >= 11 is 0. The van der Waals surface area contributed by atoms with Crippen LogP contribution in [0.2, 0.25) is 0 Å². The SMILES string of the molecule is C=C(C)C(=O)OCCCCS(=O)(=O)[O-].C=C(C)C(=O)OCCCCS(=O)(=O)[O-].[Ca+2]. The zero-order chi connectivity index (χ0) is 22.4. The van der Waals surface area contributed by atoms with E-state index >= 15 is 0 Å². The van der Waals surface area contributed by atoms with Crippen LogP contribution in [0.4, 0.5) is 0 Å². The second-order valence-corrected chi connectivity index (χ2v) is 8.82. The van der Waals surface area contributed by atoms with E-state index in [9.17, 15) is 35.5 Å². The van der Waals surface area contributed by atoms with Gasteiger partial charge in [-0.05, 0) is 39.5 Å². The summed E-state index contributed by atoms with van der Waals surface area (Å²) in [6.07, 6.45) is 1.13. The van der Waals surface area contributed by atoms with Crippen LogP contribution in [0.15, 0.2) is 24.3 Å². The zero-order valence-corrected chi connectivity index (χ0v) is 20.5. The molecule has 0 aromatic carbocycles. The van der Waals surface area contributed by atoms with E-state index in [4.69, 9.17) is 0 Å². The number of carbonyl (C=O) groups is 2. The smallest absolute Gasteiger partial charge is 0.748 e. The number of rotatable bonds is 12. The molecule has 0 radical (unpaired) electrons. The van der Waals surface area contributed by atoms with Crippen molar-refractivity contribution in [2.45, 2.75) is 39.5 Å². The number of hydrogen-bond donors (Lipinski definition) is 0. The Balaban J connectivity index is -0.000000451. The Morgan fingerprint density at radius 2 is 1.00 bits per heavy atom. The largest absolute Gasteiger partial charge is 2.00 e. The molecule has 0 unspecified atom stereocenters. The minimum absolute atomic E-state index is 0. The van der Waals surface area contributed by atoms with Gasteiger partial charge in [-0.15, -0.1) is 0 Å². The van der Waals surface area contributed by atoms with Gasteiger partial charge >= 0.3 is 49.7 Å². The topological polar surface area (TPSA) is 167 Å². The predicted molar refractivity (Wildman–Crippen MR) is 105 cm³/mol. The average molecular weight is 483 g/mol. The molecular formula is C16H26CaO10S2. The quantitative estimate of drug-likeness (QED) is 0.125. The maximum atomic E-state index is 10.8. The first-order valence-electron chi connectivity index (χ1n) is 8.18. The second kappa shape index (κ2) is 17.2. The van der Waals surface area contributed by atoms with Crippen LogP contribution in [0.25, 0.3) is 0 Å². The van der Waals surface area contributed by atoms with Gasteiger partial charge in [0.25, 0.3) is 0 Å². The summed E-state index contributed by atoms with van der Waals surface area (Å²) in [4.78, 5) is 21.6. The first-order valence-corrected chi connectivity index (χ1v) is 11.3. The summed E-state index contributed by atoms with van der Waals surface area (Å²) in [7, 11) is -8.30. The molecule has 0 bridgehead atoms. The summed E-state index contributed by atoms with van der Waals surface area (Å²) < 4.78 is 70.3. The number of esters is 2. The second-order valence-electron chi connectivity index (χ2n) is 5.77. The van der Waals surface area contributed by atoms with E-state index in [0.29, 0.717) is 24.0 Å². The maximum Gasteiger partial charge on any atom is 2.00 e. The van der Waals surface area contributed by atoms with E-state index in [-0.39, 0.29) is 63.8 Å². The van der Waals surface area contributed by atoms with Gasteiger partial charge in [-0.25, -0.2) is 26.4 Å². The van der Waals surface area contributed by atoms with E-state index < -0.39 is 43.7 Å². The van der Waals surface area contributed by atoms with Gasteiger partial charge in [0.15, 0.2) is 0 Å². The van der Waals surface area contributed by atoms with Crippen molar-refractivity contribution < 1.29 is 45.0 Å². The fourth-order valence-corrected chi connectivity index (χ4v) is 2.45. The van der Waals surface area contributed by atoms with E-state index in [2.05, 4.69) is 22.6 Å². The van der Waals surface area contributed by atoms with E-state index in [0.717, 1.165) is 0 Å². The summed E-state index contributed by atoms with van der Waals surface area (Å²) in [6.45, 7) is 10.0. The van der Waals surface area contributed by atoms with Gasteiger partial charge in [0.1, 0.15) is 0 Å². The van der Waals surface area contributed by atoms with Crippen molar-refractivity contribution >= 4 is 69.9 Å². The molecule has 0 fully saturated rings. The Hall–Kier alpha value is -0.500. The normalized spacial score (nSPS) is 10.6. The van der Waals surface area contributed by atoms with Crippen LogP contribution >= 0.6 is 0 Å². The Labute approximate surface area is 202 Å². The van der Waals surface area contributed by atoms with Crippen LogP contribution in [0, 0.1) is 0 Å². The molecule has 10 nitrogen and oxygen atoms in total. The average Bonchev–Trinajstić information content (AvgIpc) is 2.52. The molecule has 0 rings (SSSR count). The van der Waals surface area contributed by atoms with Gasteiger partial charge in [0.2, 0.25) is 0 Å². The summed E-state index contributed by atoms with van der Waals surface area (Å²) in [5.74, 6) is -1.85. The van der Waals surface area contributed by atoms with Crippen molar-refractivity contribution in [3.05, 3.63) is 24.3 Å². The number of ether oxygens (including phenoxy) is 2. The third-order valence-electron chi connectivity index (χ3n) is 2.74. The Morgan fingerprint density at radius 3 is 1.21 bits per heavy atom. The third kappa shape index (κ3) is 27.5. The minimum Gasteiger partial charge on any atom is -0.748 e. The summed E-state index contributed by atoms with van der Waals surface area (Å²) in [5.41, 5.74) is 0.586. The minimum atomic E-state index is -4.15. The van der Waals surface area contributed by atoms with Crippen molar-refractivity contribution in [3.8, 4) is 0 Å². The Kier molecular flexibility index (Phi) is 19.7. The predicted octanol–water partition coefficient (Wildman–Crippen LogP) is 0.481. The molecule has 0 N–H and O–H groups in total. The van der Waals surface area contributed by atoms with E-state index in [1.807, 2.05) is 0 Å². The molecule has 0 aliphatic rings. The van der Waals surface area contributed by atoms with Gasteiger partial charge in [0.05, 0.1) is 33.5 Å². The van der Waals surface area contributed by atoms with Crippen LogP contribution in [-0.2, 0) is 39.3 Å². The van der Waals surface area contributed by atoms with Crippen LogP contribution in [0.3, 0.4) is 0 Å². The van der Waals surface area contributed by atoms with Crippen LogP contribution in [0.1, 0.15) is 39.5 Å². The molecular weight excluding hydrogens is 456 g/mol. The molecule has 164 valence electrons.